The molecule has 0 spiro atoms. The molecule has 1 unspecified atom stereocenters. The smallest absolute Gasteiger partial charge is 0.459 e. The number of esters is 3. The molecule has 6 atom stereocenters. The van der Waals surface area contributed by atoms with E-state index in [1.165, 1.54) is 31.0 Å². The fourth-order valence-corrected chi connectivity index (χ4v) is 6.97. The van der Waals surface area contributed by atoms with E-state index < -0.39 is 74.1 Å². The number of aromatic nitrogens is 3. The van der Waals surface area contributed by atoms with Gasteiger partial charge in [0.15, 0.2) is 23.6 Å². The Hall–Kier alpha value is -4.37. The number of carbonyl (C=O) groups excluding carboxylic acids is 3. The van der Waals surface area contributed by atoms with Gasteiger partial charge in [0.25, 0.3) is 0 Å². The van der Waals surface area contributed by atoms with Crippen LogP contribution in [0.5, 0.6) is 5.75 Å². The number of nitrogens with one attached hydrogen (secondary N) is 1. The monoisotopic (exact) mass is 744 g/mol. The largest absolute Gasteiger partial charge is 0.465 e. The maximum atomic E-state index is 14.5. The number of nitrogen functional groups attached to an aromatic ring is 1. The minimum absolute atomic E-state index is 0.0921. The molecule has 1 aromatic carbocycles. The maximum absolute atomic E-state index is 14.5. The van der Waals surface area contributed by atoms with Crippen molar-refractivity contribution in [2.45, 2.75) is 91.3 Å². The van der Waals surface area contributed by atoms with Crippen molar-refractivity contribution in [2.75, 3.05) is 26.0 Å². The number of anilines is 1. The average Bonchev–Trinajstić information content (AvgIpc) is 3.65. The summed E-state index contributed by atoms with van der Waals surface area (Å²) in [4.78, 5) is 47.5. The zero-order valence-corrected chi connectivity index (χ0v) is 31.9. The summed E-state index contributed by atoms with van der Waals surface area (Å²) < 4.78 is 51.8. The third-order valence-corrected chi connectivity index (χ3v) is 9.89. The SMILES string of the molecule is CCOC(=O)[C@H](C)NP(=O)(OC[C@H]1O[C@@](C=NC)(c2ccc3c(N)ncnn23)[C@H](OC(=O)C(C)C)[C@@H]1OC(=O)C(C)C)Oc1ccc(C(C)C)cc1. The fraction of sp³-hybridized carbons (Fsp3) is 0.543. The molecule has 1 aliphatic rings. The summed E-state index contributed by atoms with van der Waals surface area (Å²) in [5, 5.41) is 7.01. The molecule has 17 heteroatoms. The van der Waals surface area contributed by atoms with E-state index >= 15 is 0 Å². The van der Waals surface area contributed by atoms with E-state index in [0.29, 0.717) is 11.2 Å². The number of ether oxygens (including phenoxy) is 4. The number of fused-ring (bicyclic) bond motifs is 1. The van der Waals surface area contributed by atoms with Gasteiger partial charge in [-0.25, -0.2) is 14.1 Å². The standard InChI is InChI=1S/C35H49N6O10P/c1-10-46-34(44)23(8)40-52(45,51-25-13-11-24(12-14-25)20(2)3)47-17-27-29(48-32(42)21(4)5)30(49-33(43)22(6)7)35(50-27,18-37-9)28-16-15-26-31(36)38-19-39-41(26)28/h11-16,18-23,27,29-30H,10,17H2,1-9H3,(H,40,45)(H2,36,38,39)/t23-,27+,29+,30+,35-,52?/m0/s1. The molecule has 0 aliphatic carbocycles. The molecule has 0 bridgehead atoms. The van der Waals surface area contributed by atoms with Crippen LogP contribution in [0, 0.1) is 11.8 Å². The Morgan fingerprint density at radius 2 is 1.67 bits per heavy atom. The van der Waals surface area contributed by atoms with E-state index in [9.17, 15) is 18.9 Å². The lowest BCUT2D eigenvalue weighted by molar-refractivity contribution is -0.172. The van der Waals surface area contributed by atoms with Gasteiger partial charge in [-0.15, -0.1) is 0 Å². The van der Waals surface area contributed by atoms with Gasteiger partial charge in [-0.3, -0.25) is 23.9 Å². The van der Waals surface area contributed by atoms with Gasteiger partial charge in [0.1, 0.15) is 29.7 Å². The molecule has 2 aromatic heterocycles. The summed E-state index contributed by atoms with van der Waals surface area (Å²) in [7, 11) is -2.93. The first kappa shape index (κ1) is 40.4. The molecule has 3 N–H and O–H groups in total. The van der Waals surface area contributed by atoms with Crippen molar-refractivity contribution in [1.82, 2.24) is 19.7 Å². The fourth-order valence-electron chi connectivity index (χ4n) is 5.46. The van der Waals surface area contributed by atoms with Crippen LogP contribution in [0.2, 0.25) is 0 Å². The van der Waals surface area contributed by atoms with Crippen molar-refractivity contribution >= 4 is 43.2 Å². The van der Waals surface area contributed by atoms with Crippen molar-refractivity contribution in [3.8, 4) is 5.75 Å². The highest BCUT2D eigenvalue weighted by Gasteiger charge is 2.61. The Balaban J connectivity index is 1.82. The Morgan fingerprint density at radius 1 is 1.02 bits per heavy atom. The minimum atomic E-state index is -4.43. The topological polar surface area (TPSA) is 204 Å². The number of hydrogen-bond acceptors (Lipinski definition) is 14. The molecule has 1 saturated heterocycles. The van der Waals surface area contributed by atoms with Gasteiger partial charge < -0.3 is 29.2 Å². The molecule has 52 heavy (non-hydrogen) atoms. The van der Waals surface area contributed by atoms with Gasteiger partial charge in [-0.1, -0.05) is 53.7 Å². The Labute approximate surface area is 303 Å². The van der Waals surface area contributed by atoms with E-state index in [-0.39, 0.29) is 24.1 Å². The third-order valence-electron chi connectivity index (χ3n) is 8.25. The lowest BCUT2D eigenvalue weighted by atomic mass is 9.91. The van der Waals surface area contributed by atoms with E-state index in [4.69, 9.17) is 33.7 Å². The summed E-state index contributed by atoms with van der Waals surface area (Å²) >= 11 is 0. The van der Waals surface area contributed by atoms with E-state index in [0.717, 1.165) is 5.56 Å². The van der Waals surface area contributed by atoms with Crippen LogP contribution in [0.4, 0.5) is 5.82 Å². The van der Waals surface area contributed by atoms with Gasteiger partial charge in [0.05, 0.1) is 30.7 Å². The zero-order chi connectivity index (χ0) is 38.4. The molecule has 0 amide bonds. The van der Waals surface area contributed by atoms with Gasteiger partial charge in [0.2, 0.25) is 0 Å². The number of nitrogens with zero attached hydrogens (tertiary/aromatic N) is 4. The summed E-state index contributed by atoms with van der Waals surface area (Å²) in [6, 6.07) is 9.11. The quantitative estimate of drug-likeness (QED) is 0.0890. The predicted octanol–water partition coefficient (Wildman–Crippen LogP) is 4.61. The van der Waals surface area contributed by atoms with Crippen molar-refractivity contribution < 1.29 is 46.9 Å². The number of rotatable bonds is 16. The highest BCUT2D eigenvalue weighted by Crippen LogP contribution is 2.48. The second kappa shape index (κ2) is 17.0. The van der Waals surface area contributed by atoms with Crippen LogP contribution in [-0.4, -0.2) is 83.3 Å². The molecule has 284 valence electrons. The molecular weight excluding hydrogens is 695 g/mol. The predicted molar refractivity (Wildman–Crippen MR) is 192 cm³/mol. The first-order valence-electron chi connectivity index (χ1n) is 17.1. The molecule has 3 heterocycles. The van der Waals surface area contributed by atoms with Crippen LogP contribution >= 0.6 is 7.75 Å². The Morgan fingerprint density at radius 3 is 2.27 bits per heavy atom. The third kappa shape index (κ3) is 8.98. The summed E-state index contributed by atoms with van der Waals surface area (Å²) in [5.41, 5.74) is 6.16. The van der Waals surface area contributed by atoms with Crippen LogP contribution < -0.4 is 15.3 Å². The van der Waals surface area contributed by atoms with Crippen LogP contribution in [0.25, 0.3) is 5.52 Å². The second-order valence-corrected chi connectivity index (χ2v) is 15.0. The summed E-state index contributed by atoms with van der Waals surface area (Å²) in [5.74, 6) is -2.51. The number of benzene rings is 1. The van der Waals surface area contributed by atoms with Gasteiger partial charge in [-0.2, -0.15) is 10.2 Å². The molecule has 0 saturated carbocycles. The van der Waals surface area contributed by atoms with Gasteiger partial charge in [0, 0.05) is 13.3 Å². The Bertz CT molecular complexity index is 1800. The Kier molecular flexibility index (Phi) is 13.2. The first-order chi connectivity index (χ1) is 24.6. The first-order valence-corrected chi connectivity index (χ1v) is 18.7. The van der Waals surface area contributed by atoms with Crippen LogP contribution in [0.1, 0.15) is 72.6 Å². The number of nitrogens with two attached hydrogens (primary N) is 1. The van der Waals surface area contributed by atoms with Crippen molar-refractivity contribution in [1.29, 1.82) is 0 Å². The van der Waals surface area contributed by atoms with Crippen LogP contribution in [0.3, 0.4) is 0 Å². The summed E-state index contributed by atoms with van der Waals surface area (Å²) in [6.07, 6.45) is -1.28. The normalized spacial score (nSPS) is 22.2. The molecule has 0 radical (unpaired) electrons. The molecule has 3 aromatic rings. The number of hydrogen-bond donors (Lipinski definition) is 2. The minimum Gasteiger partial charge on any atom is -0.465 e. The molecule has 1 aliphatic heterocycles. The average molecular weight is 745 g/mol. The van der Waals surface area contributed by atoms with E-state index in [1.54, 1.807) is 58.9 Å². The van der Waals surface area contributed by atoms with Gasteiger partial charge >= 0.3 is 25.7 Å². The highest BCUT2D eigenvalue weighted by molar-refractivity contribution is 7.52. The van der Waals surface area contributed by atoms with Crippen LogP contribution in [0.15, 0.2) is 47.7 Å². The second-order valence-electron chi connectivity index (χ2n) is 13.3. The van der Waals surface area contributed by atoms with Crippen molar-refractivity contribution in [2.24, 2.45) is 16.8 Å². The zero-order valence-electron chi connectivity index (χ0n) is 31.0. The van der Waals surface area contributed by atoms with Crippen molar-refractivity contribution in [3.63, 3.8) is 0 Å². The van der Waals surface area contributed by atoms with Crippen LogP contribution in [-0.2, 0) is 48.0 Å². The van der Waals surface area contributed by atoms with E-state index in [2.05, 4.69) is 20.2 Å². The van der Waals surface area contributed by atoms with Crippen molar-refractivity contribution in [3.05, 3.63) is 54.0 Å². The lowest BCUT2D eigenvalue weighted by Gasteiger charge is -2.32. The summed E-state index contributed by atoms with van der Waals surface area (Å²) in [6.45, 7) is 13.3. The maximum Gasteiger partial charge on any atom is 0.459 e. The number of carbonyl (C=O) groups is 3. The molecule has 4 rings (SSSR count). The highest BCUT2D eigenvalue weighted by atomic mass is 31.2. The molecule has 16 nitrogen and oxygen atoms in total. The van der Waals surface area contributed by atoms with E-state index in [1.807, 2.05) is 26.0 Å². The van der Waals surface area contributed by atoms with Gasteiger partial charge in [-0.05, 0) is 49.6 Å². The molecular formula is C35H49N6O10P. The molecule has 1 fully saturated rings. The lowest BCUT2D eigenvalue weighted by Crippen LogP contribution is -2.48. The number of aliphatic imine (C=N–C) groups is 1.